The van der Waals surface area contributed by atoms with Crippen LogP contribution in [0.4, 0.5) is 10.2 Å². The predicted octanol–water partition coefficient (Wildman–Crippen LogP) is 3.09. The molecule has 0 atom stereocenters. The van der Waals surface area contributed by atoms with Gasteiger partial charge in [-0.25, -0.2) is 9.37 Å². The molecule has 7 nitrogen and oxygen atoms in total. The van der Waals surface area contributed by atoms with Crippen LogP contribution in [0.1, 0.15) is 0 Å². The third-order valence-corrected chi connectivity index (χ3v) is 4.02. The maximum absolute atomic E-state index is 14.4. The van der Waals surface area contributed by atoms with Gasteiger partial charge in [-0.3, -0.25) is 9.67 Å². The van der Waals surface area contributed by atoms with Crippen molar-refractivity contribution < 1.29 is 4.39 Å². The summed E-state index contributed by atoms with van der Waals surface area (Å²) < 4.78 is 15.9. The molecule has 3 heterocycles. The maximum Gasteiger partial charge on any atom is 0.172 e. The fourth-order valence-corrected chi connectivity index (χ4v) is 2.66. The van der Waals surface area contributed by atoms with E-state index in [1.807, 2.05) is 0 Å². The normalized spacial score (nSPS) is 11.0. The Morgan fingerprint density at radius 3 is 2.88 bits per heavy atom. The molecule has 25 heavy (non-hydrogen) atoms. The third kappa shape index (κ3) is 2.62. The van der Waals surface area contributed by atoms with Crippen molar-refractivity contribution in [1.29, 1.82) is 0 Å². The molecular weight excluding hydrogens is 345 g/mol. The lowest BCUT2D eigenvalue weighted by Crippen LogP contribution is -2.03. The number of nitrogen functional groups attached to an aromatic ring is 1. The van der Waals surface area contributed by atoms with E-state index in [0.717, 1.165) is 11.1 Å². The molecule has 0 radical (unpaired) electrons. The quantitative estimate of drug-likeness (QED) is 0.588. The van der Waals surface area contributed by atoms with Gasteiger partial charge in [0.05, 0.1) is 22.5 Å². The van der Waals surface area contributed by atoms with Gasteiger partial charge in [0.15, 0.2) is 11.6 Å². The number of hydrogen-bond acceptors (Lipinski definition) is 5. The van der Waals surface area contributed by atoms with E-state index in [4.69, 9.17) is 17.3 Å². The third-order valence-electron chi connectivity index (χ3n) is 3.73. The fourth-order valence-electron chi connectivity index (χ4n) is 2.49. The SMILES string of the molecule is Nc1ncc(-c2cn[nH]c2)cc1-c1nncn1-c1cccc(Cl)c1F. The molecule has 124 valence electrons. The van der Waals surface area contributed by atoms with Gasteiger partial charge >= 0.3 is 0 Å². The van der Waals surface area contributed by atoms with E-state index in [1.165, 1.54) is 17.0 Å². The van der Waals surface area contributed by atoms with Gasteiger partial charge in [0, 0.05) is 23.5 Å². The van der Waals surface area contributed by atoms with Crippen LogP contribution < -0.4 is 5.73 Å². The van der Waals surface area contributed by atoms with E-state index < -0.39 is 5.82 Å². The van der Waals surface area contributed by atoms with Crippen molar-refractivity contribution in [2.75, 3.05) is 5.73 Å². The number of benzene rings is 1. The highest BCUT2D eigenvalue weighted by Crippen LogP contribution is 2.30. The van der Waals surface area contributed by atoms with Gasteiger partial charge in [0.1, 0.15) is 12.1 Å². The minimum absolute atomic E-state index is 0.00962. The molecule has 1 aromatic carbocycles. The van der Waals surface area contributed by atoms with Crippen molar-refractivity contribution in [3.05, 3.63) is 60.0 Å². The van der Waals surface area contributed by atoms with E-state index in [1.54, 1.807) is 36.8 Å². The summed E-state index contributed by atoms with van der Waals surface area (Å²) in [6.45, 7) is 0. The van der Waals surface area contributed by atoms with Crippen molar-refractivity contribution in [2.24, 2.45) is 0 Å². The van der Waals surface area contributed by atoms with Crippen LogP contribution in [0.25, 0.3) is 28.2 Å². The Labute approximate surface area is 146 Å². The van der Waals surface area contributed by atoms with E-state index in [2.05, 4.69) is 25.4 Å². The average Bonchev–Trinajstić information content (AvgIpc) is 3.29. The molecule has 0 unspecified atom stereocenters. The Morgan fingerprint density at radius 2 is 2.08 bits per heavy atom. The number of pyridine rings is 1. The molecule has 0 amide bonds. The molecule has 0 saturated heterocycles. The molecule has 0 aliphatic carbocycles. The molecule has 9 heteroatoms. The number of halogens is 2. The zero-order valence-electron chi connectivity index (χ0n) is 12.7. The van der Waals surface area contributed by atoms with Gasteiger partial charge in [0.2, 0.25) is 0 Å². The van der Waals surface area contributed by atoms with Crippen molar-refractivity contribution in [2.45, 2.75) is 0 Å². The molecule has 0 bridgehead atoms. The smallest absolute Gasteiger partial charge is 0.172 e. The Balaban J connectivity index is 1.89. The van der Waals surface area contributed by atoms with Gasteiger partial charge < -0.3 is 5.73 Å². The van der Waals surface area contributed by atoms with E-state index >= 15 is 0 Å². The van der Waals surface area contributed by atoms with Crippen molar-refractivity contribution in [3.8, 4) is 28.2 Å². The summed E-state index contributed by atoms with van der Waals surface area (Å²) in [6, 6.07) is 6.50. The highest BCUT2D eigenvalue weighted by molar-refractivity contribution is 6.30. The number of aromatic nitrogens is 6. The first-order valence-electron chi connectivity index (χ1n) is 7.24. The molecule has 0 aliphatic heterocycles. The van der Waals surface area contributed by atoms with E-state index in [0.29, 0.717) is 11.4 Å². The average molecular weight is 356 g/mol. The minimum atomic E-state index is -0.567. The lowest BCUT2D eigenvalue weighted by molar-refractivity contribution is 0.619. The predicted molar refractivity (Wildman–Crippen MR) is 91.6 cm³/mol. The van der Waals surface area contributed by atoms with Crippen LogP contribution in [-0.4, -0.2) is 29.9 Å². The van der Waals surface area contributed by atoms with Crippen LogP contribution in [0.5, 0.6) is 0 Å². The molecule has 0 spiro atoms. The van der Waals surface area contributed by atoms with Gasteiger partial charge in [0.25, 0.3) is 0 Å². The second-order valence-corrected chi connectivity index (χ2v) is 5.65. The van der Waals surface area contributed by atoms with Crippen LogP contribution in [0.2, 0.25) is 5.02 Å². The van der Waals surface area contributed by atoms with E-state index in [-0.39, 0.29) is 16.5 Å². The fraction of sp³-hybridized carbons (Fsp3) is 0. The Hall–Kier alpha value is -3.26. The Kier molecular flexibility index (Phi) is 3.66. The number of nitrogens with zero attached hydrogens (tertiary/aromatic N) is 5. The Morgan fingerprint density at radius 1 is 1.20 bits per heavy atom. The van der Waals surface area contributed by atoms with Crippen LogP contribution in [0.15, 0.2) is 49.2 Å². The van der Waals surface area contributed by atoms with Gasteiger partial charge in [-0.05, 0) is 18.2 Å². The van der Waals surface area contributed by atoms with Crippen molar-refractivity contribution in [1.82, 2.24) is 29.9 Å². The molecule has 0 saturated carbocycles. The number of aromatic amines is 1. The summed E-state index contributed by atoms with van der Waals surface area (Å²) >= 11 is 5.88. The van der Waals surface area contributed by atoms with E-state index in [9.17, 15) is 4.39 Å². The van der Waals surface area contributed by atoms with Gasteiger partial charge in [-0.2, -0.15) is 5.10 Å². The highest BCUT2D eigenvalue weighted by Gasteiger charge is 2.17. The first-order valence-corrected chi connectivity index (χ1v) is 7.62. The molecular formula is C16H11ClFN7. The molecule has 0 aliphatic rings. The number of rotatable bonds is 3. The number of anilines is 1. The number of nitrogens with one attached hydrogen (secondary N) is 1. The summed E-state index contributed by atoms with van der Waals surface area (Å²) in [4.78, 5) is 4.20. The molecule has 4 rings (SSSR count). The Bertz CT molecular complexity index is 1040. The summed E-state index contributed by atoms with van der Waals surface area (Å²) in [5.74, 6) is 0.0446. The number of hydrogen-bond donors (Lipinski definition) is 2. The van der Waals surface area contributed by atoms with Crippen molar-refractivity contribution >= 4 is 17.4 Å². The summed E-state index contributed by atoms with van der Waals surface area (Å²) in [5.41, 5.74) is 8.39. The number of H-pyrrole nitrogens is 1. The summed E-state index contributed by atoms with van der Waals surface area (Å²) in [5, 5.41) is 14.6. The minimum Gasteiger partial charge on any atom is -0.383 e. The zero-order chi connectivity index (χ0) is 17.4. The zero-order valence-corrected chi connectivity index (χ0v) is 13.4. The second kappa shape index (κ2) is 5.99. The lowest BCUT2D eigenvalue weighted by Gasteiger charge is -2.10. The highest BCUT2D eigenvalue weighted by atomic mass is 35.5. The molecule has 3 aromatic heterocycles. The largest absolute Gasteiger partial charge is 0.383 e. The topological polar surface area (TPSA) is 98.3 Å². The van der Waals surface area contributed by atoms with Crippen LogP contribution in [0, 0.1) is 5.82 Å². The van der Waals surface area contributed by atoms with Crippen LogP contribution in [-0.2, 0) is 0 Å². The first kappa shape index (κ1) is 15.3. The number of nitrogens with two attached hydrogens (primary N) is 1. The molecule has 3 N–H and O–H groups in total. The lowest BCUT2D eigenvalue weighted by atomic mass is 10.1. The van der Waals surface area contributed by atoms with Crippen LogP contribution in [0.3, 0.4) is 0 Å². The second-order valence-electron chi connectivity index (χ2n) is 5.24. The summed E-state index contributed by atoms with van der Waals surface area (Å²) in [6.07, 6.45) is 6.43. The van der Waals surface area contributed by atoms with Gasteiger partial charge in [-0.1, -0.05) is 17.7 Å². The van der Waals surface area contributed by atoms with Gasteiger partial charge in [-0.15, -0.1) is 10.2 Å². The molecule has 4 aromatic rings. The monoisotopic (exact) mass is 355 g/mol. The standard InChI is InChI=1S/C16H11ClFN7/c17-12-2-1-3-13(14(12)18)25-8-23-24-16(25)11-4-9(5-20-15(11)19)10-6-21-22-7-10/h1-8H,(H2,19,20)(H,21,22). The van der Waals surface area contributed by atoms with Crippen LogP contribution >= 0.6 is 11.6 Å². The maximum atomic E-state index is 14.4. The molecule has 0 fully saturated rings. The summed E-state index contributed by atoms with van der Waals surface area (Å²) in [7, 11) is 0. The van der Waals surface area contributed by atoms with Crippen molar-refractivity contribution in [3.63, 3.8) is 0 Å². The first-order chi connectivity index (χ1) is 12.1.